The van der Waals surface area contributed by atoms with E-state index in [-0.39, 0.29) is 44.9 Å². The summed E-state index contributed by atoms with van der Waals surface area (Å²) in [5, 5.41) is 1.41. The van der Waals surface area contributed by atoms with Gasteiger partial charge in [0.15, 0.2) is 5.88 Å². The number of para-hydroxylation sites is 1. The predicted octanol–water partition coefficient (Wildman–Crippen LogP) is 8.33. The summed E-state index contributed by atoms with van der Waals surface area (Å²) in [7, 11) is -4.88. The second-order valence-electron chi connectivity index (χ2n) is 14.7. The van der Waals surface area contributed by atoms with Crippen molar-refractivity contribution < 1.29 is 55.7 Å². The number of fused-ring (bicyclic) bond motifs is 2. The van der Waals surface area contributed by atoms with E-state index in [1.807, 2.05) is 105 Å². The molecule has 0 aromatic heterocycles. The molecule has 1 unspecified atom stereocenters. The SMILES string of the molecule is Cc1cccc(C)c1N(CSc1ccccc1)c1ccc2c(-c3ccccc3S(=O)(=O)[O-])c3cc/c(=[N+](/CSc4ccccc4)c4c(C)cc(S(=O)[O-])cc4C)cc-3oc2c1.[Na+]. The molecule has 0 spiro atoms. The molecule has 1 atom stereocenters. The molecular weight excluding hydrogens is 864 g/mol. The van der Waals surface area contributed by atoms with Crippen LogP contribution in [0.3, 0.4) is 0 Å². The molecule has 0 fully saturated rings. The Morgan fingerprint density at radius 3 is 1.92 bits per heavy atom. The van der Waals surface area contributed by atoms with E-state index in [0.717, 1.165) is 54.5 Å². The van der Waals surface area contributed by atoms with Crippen LogP contribution in [0.5, 0.6) is 0 Å². The molecule has 62 heavy (non-hydrogen) atoms. The van der Waals surface area contributed by atoms with Gasteiger partial charge in [-0.1, -0.05) is 84.6 Å². The van der Waals surface area contributed by atoms with Gasteiger partial charge in [0.25, 0.3) is 0 Å². The van der Waals surface area contributed by atoms with Crippen LogP contribution < -0.4 is 44.4 Å². The van der Waals surface area contributed by atoms with Crippen LogP contribution in [0.15, 0.2) is 176 Å². The smallest absolute Gasteiger partial charge is 0.768 e. The summed E-state index contributed by atoms with van der Waals surface area (Å²) in [6.45, 7) is 7.99. The summed E-state index contributed by atoms with van der Waals surface area (Å²) in [5.74, 6) is 1.53. The minimum absolute atomic E-state index is 0. The second-order valence-corrected chi connectivity index (χ2v) is 19.0. The van der Waals surface area contributed by atoms with Crippen LogP contribution in [0, 0.1) is 27.7 Å². The topological polar surface area (TPSA) is 117 Å². The molecule has 1 aliphatic heterocycles. The van der Waals surface area contributed by atoms with E-state index in [0.29, 0.717) is 39.6 Å². The Hall–Kier alpha value is -4.47. The molecule has 0 saturated heterocycles. The van der Waals surface area contributed by atoms with Gasteiger partial charge in [-0.3, -0.25) is 4.21 Å². The van der Waals surface area contributed by atoms with Crippen LogP contribution in [-0.2, 0) is 21.2 Å². The van der Waals surface area contributed by atoms with Crippen molar-refractivity contribution in [2.75, 3.05) is 16.7 Å². The molecule has 308 valence electrons. The number of hydrogen-bond acceptors (Lipinski definition) is 9. The van der Waals surface area contributed by atoms with Crippen LogP contribution in [0.2, 0.25) is 0 Å². The fourth-order valence-corrected chi connectivity index (χ4v) is 10.9. The van der Waals surface area contributed by atoms with E-state index in [1.54, 1.807) is 53.9 Å². The van der Waals surface area contributed by atoms with Gasteiger partial charge in [-0.05, 0) is 111 Å². The molecule has 8 rings (SSSR count). The molecule has 6 aromatic rings. The molecule has 13 heteroatoms. The van der Waals surface area contributed by atoms with Gasteiger partial charge in [-0.25, -0.2) is 8.42 Å². The molecule has 1 aliphatic carbocycles. The Bertz CT molecular complexity index is 3060. The molecule has 0 N–H and O–H groups in total. The third kappa shape index (κ3) is 9.69. The molecule has 0 amide bonds. The van der Waals surface area contributed by atoms with Crippen LogP contribution in [0.25, 0.3) is 33.4 Å². The van der Waals surface area contributed by atoms with Crippen LogP contribution >= 0.6 is 23.5 Å². The molecule has 8 nitrogen and oxygen atoms in total. The van der Waals surface area contributed by atoms with E-state index >= 15 is 0 Å². The third-order valence-electron chi connectivity index (χ3n) is 10.6. The van der Waals surface area contributed by atoms with E-state index in [9.17, 15) is 21.7 Å². The Labute approximate surface area is 395 Å². The van der Waals surface area contributed by atoms with Crippen molar-refractivity contribution in [2.45, 2.75) is 47.3 Å². The van der Waals surface area contributed by atoms with Gasteiger partial charge in [-0.15, -0.1) is 11.8 Å². The maximum absolute atomic E-state index is 12.8. The number of hydrogen-bond donors (Lipinski definition) is 0. The van der Waals surface area contributed by atoms with E-state index < -0.39 is 21.2 Å². The standard InChI is InChI=1S/C49H42N2O6S4.Na/c1-32-14-13-15-33(2)48(32)50(30-58-38-16-7-5-8-17-38)36-22-24-41-44(28-36)57-45-29-37(23-25-42(45)47(41)43-20-11-12-21-46(43)61(54,55)56)51(31-59-39-18-9-6-10-19-39)49-34(3)26-40(60(52)53)27-35(49)4;/h5-29H,30-31H2,1-4H3,(H-,52,53,54,55,56);/q;+1/p-1. The van der Waals surface area contributed by atoms with Gasteiger partial charge >= 0.3 is 29.6 Å². The summed E-state index contributed by atoms with van der Waals surface area (Å²) in [6.07, 6.45) is 0. The predicted molar refractivity (Wildman–Crippen MR) is 247 cm³/mol. The minimum atomic E-state index is -4.88. The summed E-state index contributed by atoms with van der Waals surface area (Å²) >= 11 is 0.942. The van der Waals surface area contributed by atoms with Crippen LogP contribution in [0.4, 0.5) is 17.1 Å². The van der Waals surface area contributed by atoms with Gasteiger partial charge in [-0.2, -0.15) is 4.58 Å². The van der Waals surface area contributed by atoms with Crippen molar-refractivity contribution in [3.8, 4) is 22.5 Å². The van der Waals surface area contributed by atoms with Gasteiger partial charge in [0.1, 0.15) is 21.5 Å². The molecule has 6 aromatic carbocycles. The van der Waals surface area contributed by atoms with E-state index in [2.05, 4.69) is 47.6 Å². The zero-order valence-electron chi connectivity index (χ0n) is 34.8. The summed E-state index contributed by atoms with van der Waals surface area (Å²) in [5.41, 5.74) is 8.52. The van der Waals surface area contributed by atoms with Crippen LogP contribution in [-0.4, -0.2) is 33.5 Å². The molecule has 0 bridgehead atoms. The van der Waals surface area contributed by atoms with E-state index in [1.165, 1.54) is 6.07 Å². The van der Waals surface area contributed by atoms with Crippen molar-refractivity contribution in [1.29, 1.82) is 0 Å². The fourth-order valence-electron chi connectivity index (χ4n) is 7.90. The first-order valence-electron chi connectivity index (χ1n) is 19.4. The van der Waals surface area contributed by atoms with Crippen molar-refractivity contribution >= 4 is 72.8 Å². The molecular formula is C49H41N2NaO6S4. The third-order valence-corrected chi connectivity index (χ3v) is 14.1. The summed E-state index contributed by atoms with van der Waals surface area (Å²) in [4.78, 5) is 4.33. The first-order chi connectivity index (χ1) is 29.4. The number of rotatable bonds is 12. The Balaban J connectivity index is 0.00000578. The Kier molecular flexibility index (Phi) is 14.3. The maximum Gasteiger partial charge on any atom is 1.00 e. The Morgan fingerprint density at radius 2 is 1.29 bits per heavy atom. The number of anilines is 2. The number of thioether (sulfide) groups is 2. The number of benzene rings is 7. The number of nitrogens with zero attached hydrogens (tertiary/aromatic N) is 2. The van der Waals surface area contributed by atoms with Gasteiger partial charge < -0.3 is 18.4 Å². The number of aryl methyl sites for hydroxylation is 4. The molecule has 2 aliphatic rings. The zero-order chi connectivity index (χ0) is 42.8. The van der Waals surface area contributed by atoms with Crippen molar-refractivity contribution in [1.82, 2.24) is 4.58 Å². The van der Waals surface area contributed by atoms with Crippen molar-refractivity contribution in [3.05, 3.63) is 179 Å². The first kappa shape index (κ1) is 45.6. The van der Waals surface area contributed by atoms with Crippen molar-refractivity contribution in [3.63, 3.8) is 0 Å². The molecule has 0 saturated carbocycles. The quantitative estimate of drug-likeness (QED) is 0.0227. The zero-order valence-corrected chi connectivity index (χ0v) is 40.1. The van der Waals surface area contributed by atoms with Gasteiger partial charge in [0.2, 0.25) is 11.0 Å². The molecule has 1 heterocycles. The Morgan fingerprint density at radius 1 is 0.677 bits per heavy atom. The minimum Gasteiger partial charge on any atom is -0.768 e. The fraction of sp³-hybridized carbons (Fsp3) is 0.122. The first-order valence-corrected chi connectivity index (χ1v) is 23.9. The maximum atomic E-state index is 12.8. The monoisotopic (exact) mass is 904 g/mol. The summed E-state index contributed by atoms with van der Waals surface area (Å²) in [6, 6.07) is 47.8. The largest absolute Gasteiger partial charge is 1.00 e. The van der Waals surface area contributed by atoms with Gasteiger partial charge in [0.05, 0.1) is 16.8 Å². The van der Waals surface area contributed by atoms with Crippen molar-refractivity contribution in [2.24, 2.45) is 0 Å². The van der Waals surface area contributed by atoms with Crippen LogP contribution in [0.1, 0.15) is 22.3 Å². The summed E-state index contributed by atoms with van der Waals surface area (Å²) < 4.78 is 71.6. The molecule has 0 radical (unpaired) electrons. The average molecular weight is 905 g/mol. The van der Waals surface area contributed by atoms with E-state index in [4.69, 9.17) is 4.42 Å². The normalized spacial score (nSPS) is 12.5. The second kappa shape index (κ2) is 19.5. The van der Waals surface area contributed by atoms with Gasteiger partial charge in [0, 0.05) is 71.4 Å². The average Bonchev–Trinajstić information content (AvgIpc) is 3.24.